The van der Waals surface area contributed by atoms with E-state index in [0.717, 1.165) is 18.5 Å². The van der Waals surface area contributed by atoms with E-state index in [-0.39, 0.29) is 0 Å². The lowest BCUT2D eigenvalue weighted by Gasteiger charge is -2.15. The van der Waals surface area contributed by atoms with E-state index in [1.165, 1.54) is 5.57 Å². The van der Waals surface area contributed by atoms with Gasteiger partial charge in [-0.25, -0.2) is 0 Å². The number of nitrogens with zero attached hydrogens (tertiary/aromatic N) is 2. The van der Waals surface area contributed by atoms with Crippen LogP contribution in [0.4, 0.5) is 0 Å². The van der Waals surface area contributed by atoms with Crippen LogP contribution in [0.3, 0.4) is 0 Å². The zero-order valence-electron chi connectivity index (χ0n) is 10.1. The number of carbonyl (C=O) groups is 1. The normalized spacial score (nSPS) is 15.4. The summed E-state index contributed by atoms with van der Waals surface area (Å²) in [6, 6.07) is 3.77. The Morgan fingerprint density at radius 1 is 1.18 bits per heavy atom. The van der Waals surface area contributed by atoms with E-state index >= 15 is 0 Å². The predicted molar refractivity (Wildman–Crippen MR) is 69.7 cm³/mol. The zero-order chi connectivity index (χ0) is 12.3. The summed E-state index contributed by atoms with van der Waals surface area (Å²) < 4.78 is 1.88. The van der Waals surface area contributed by atoms with Crippen molar-refractivity contribution in [3.8, 4) is 0 Å². The second-order valence-corrected chi connectivity index (χ2v) is 4.15. The molecule has 0 spiro atoms. The quantitative estimate of drug-likeness (QED) is 0.741. The van der Waals surface area contributed by atoms with Gasteiger partial charge in [-0.15, -0.1) is 0 Å². The molecular weight excluding hydrogens is 212 g/mol. The number of aldehydes is 1. The Bertz CT molecular complexity index is 506. The average molecular weight is 228 g/mol. The third kappa shape index (κ3) is 2.56. The maximum Gasteiger partial charge on any atom is 0.166 e. The average Bonchev–Trinajstić information content (AvgIpc) is 2.69. The van der Waals surface area contributed by atoms with Gasteiger partial charge in [0.25, 0.3) is 0 Å². The Hall–Kier alpha value is -2.03. The van der Waals surface area contributed by atoms with E-state index in [1.54, 1.807) is 0 Å². The van der Waals surface area contributed by atoms with Gasteiger partial charge < -0.3 is 9.47 Å². The van der Waals surface area contributed by atoms with Crippen LogP contribution in [0.15, 0.2) is 42.1 Å². The second kappa shape index (κ2) is 4.87. The minimum atomic E-state index is 0.692. The van der Waals surface area contributed by atoms with Crippen LogP contribution in [0, 0.1) is 0 Å². The molecule has 88 valence electrons. The molecule has 1 aliphatic heterocycles. The molecule has 0 radical (unpaired) electrons. The minimum absolute atomic E-state index is 0.692. The molecule has 0 aromatic carbocycles. The van der Waals surface area contributed by atoms with Crippen LogP contribution in [-0.2, 0) is 7.05 Å². The number of allylic oxidation sites excluding steroid dienone is 3. The molecule has 3 nitrogen and oxygen atoms in total. The maximum atomic E-state index is 10.7. The highest BCUT2D eigenvalue weighted by molar-refractivity contribution is 5.74. The summed E-state index contributed by atoms with van der Waals surface area (Å²) in [7, 11) is 3.93. The van der Waals surface area contributed by atoms with Crippen molar-refractivity contribution in [2.75, 3.05) is 13.6 Å². The third-order valence-corrected chi connectivity index (χ3v) is 2.90. The van der Waals surface area contributed by atoms with Crippen LogP contribution in [-0.4, -0.2) is 29.3 Å². The first kappa shape index (κ1) is 11.5. The van der Waals surface area contributed by atoms with Gasteiger partial charge in [-0.1, -0.05) is 12.2 Å². The van der Waals surface area contributed by atoms with Crippen LogP contribution in [0.25, 0.3) is 6.08 Å². The fraction of sp³-hybridized carbons (Fsp3) is 0.214. The Morgan fingerprint density at radius 2 is 1.94 bits per heavy atom. The molecule has 2 rings (SSSR count). The Kier molecular flexibility index (Phi) is 3.28. The number of rotatable bonds is 3. The van der Waals surface area contributed by atoms with Gasteiger partial charge >= 0.3 is 0 Å². The summed E-state index contributed by atoms with van der Waals surface area (Å²) in [5.41, 5.74) is 2.91. The third-order valence-electron chi connectivity index (χ3n) is 2.90. The number of hydrogen-bond donors (Lipinski definition) is 0. The second-order valence-electron chi connectivity index (χ2n) is 4.15. The van der Waals surface area contributed by atoms with Crippen LogP contribution in [0.2, 0.25) is 0 Å². The molecule has 1 aliphatic rings. The van der Waals surface area contributed by atoms with E-state index in [1.807, 2.05) is 36.9 Å². The summed E-state index contributed by atoms with van der Waals surface area (Å²) in [5.74, 6) is 0. The van der Waals surface area contributed by atoms with Crippen LogP contribution >= 0.6 is 0 Å². The first-order chi connectivity index (χ1) is 8.20. The molecule has 0 unspecified atom stereocenters. The minimum Gasteiger partial charge on any atom is -0.377 e. The van der Waals surface area contributed by atoms with Crippen molar-refractivity contribution in [3.05, 3.63) is 53.5 Å². The van der Waals surface area contributed by atoms with Crippen LogP contribution < -0.4 is 0 Å². The largest absolute Gasteiger partial charge is 0.377 e. The molecule has 1 aromatic rings. The van der Waals surface area contributed by atoms with Gasteiger partial charge in [0.2, 0.25) is 0 Å². The molecule has 0 atom stereocenters. The predicted octanol–water partition coefficient (Wildman–Crippen LogP) is 2.24. The molecule has 1 aromatic heterocycles. The van der Waals surface area contributed by atoms with Crippen molar-refractivity contribution in [2.45, 2.75) is 0 Å². The van der Waals surface area contributed by atoms with Gasteiger partial charge in [0.15, 0.2) is 6.29 Å². The fourth-order valence-electron chi connectivity index (χ4n) is 1.73. The Balaban J connectivity index is 2.13. The van der Waals surface area contributed by atoms with E-state index in [0.29, 0.717) is 5.69 Å². The zero-order valence-corrected chi connectivity index (χ0v) is 10.1. The van der Waals surface area contributed by atoms with Crippen molar-refractivity contribution >= 4 is 12.4 Å². The summed E-state index contributed by atoms with van der Waals surface area (Å²) >= 11 is 0. The SMILES string of the molecule is CN1C=CC(C=Cc2ccc(C=O)n2C)=CC1. The van der Waals surface area contributed by atoms with Crippen molar-refractivity contribution in [1.29, 1.82) is 0 Å². The fourth-order valence-corrected chi connectivity index (χ4v) is 1.73. The Labute approximate surface area is 101 Å². The molecule has 0 bridgehead atoms. The summed E-state index contributed by atoms with van der Waals surface area (Å²) in [4.78, 5) is 12.8. The molecule has 0 fully saturated rings. The van der Waals surface area contributed by atoms with Gasteiger partial charge in [-0.3, -0.25) is 4.79 Å². The maximum absolute atomic E-state index is 10.7. The highest BCUT2D eigenvalue weighted by atomic mass is 16.1. The van der Waals surface area contributed by atoms with E-state index in [9.17, 15) is 4.79 Å². The highest BCUT2D eigenvalue weighted by Crippen LogP contribution is 2.11. The van der Waals surface area contributed by atoms with Crippen LogP contribution in [0.5, 0.6) is 0 Å². The molecule has 0 N–H and O–H groups in total. The molecular formula is C14H16N2O. The standard InChI is InChI=1S/C14H16N2O/c1-15-9-7-12(8-10-15)3-4-13-5-6-14(11-17)16(13)2/h3-9,11H,10H2,1-2H3. The summed E-state index contributed by atoms with van der Waals surface area (Å²) in [5, 5.41) is 0. The first-order valence-corrected chi connectivity index (χ1v) is 5.58. The molecule has 17 heavy (non-hydrogen) atoms. The number of carbonyl (C=O) groups excluding carboxylic acids is 1. The van der Waals surface area contributed by atoms with Gasteiger partial charge in [-0.05, 0) is 36.1 Å². The monoisotopic (exact) mass is 228 g/mol. The van der Waals surface area contributed by atoms with E-state index in [4.69, 9.17) is 0 Å². The van der Waals surface area contributed by atoms with E-state index < -0.39 is 0 Å². The summed E-state index contributed by atoms with van der Waals surface area (Å²) in [6.45, 7) is 0.933. The molecule has 0 saturated carbocycles. The van der Waals surface area contributed by atoms with Crippen LogP contribution in [0.1, 0.15) is 16.2 Å². The molecule has 3 heteroatoms. The van der Waals surface area contributed by atoms with Crippen molar-refractivity contribution in [3.63, 3.8) is 0 Å². The topological polar surface area (TPSA) is 25.2 Å². The lowest BCUT2D eigenvalue weighted by Crippen LogP contribution is -2.13. The Morgan fingerprint density at radius 3 is 2.53 bits per heavy atom. The molecule has 0 amide bonds. The molecule has 0 aliphatic carbocycles. The highest BCUT2D eigenvalue weighted by Gasteiger charge is 2.01. The summed E-state index contributed by atoms with van der Waals surface area (Å²) in [6.07, 6.45) is 11.2. The van der Waals surface area contributed by atoms with Crippen molar-refractivity contribution < 1.29 is 4.79 Å². The molecule has 0 saturated heterocycles. The number of hydrogen-bond acceptors (Lipinski definition) is 2. The van der Waals surface area contributed by atoms with Gasteiger partial charge in [0, 0.05) is 26.3 Å². The first-order valence-electron chi connectivity index (χ1n) is 5.58. The molecule has 2 heterocycles. The van der Waals surface area contributed by atoms with Gasteiger partial charge in [0.05, 0.1) is 5.69 Å². The number of likely N-dealkylation sites (N-methyl/N-ethyl adjacent to an activating group) is 1. The van der Waals surface area contributed by atoms with Gasteiger partial charge in [0.1, 0.15) is 0 Å². The lowest BCUT2D eigenvalue weighted by atomic mass is 10.1. The van der Waals surface area contributed by atoms with Crippen molar-refractivity contribution in [2.24, 2.45) is 7.05 Å². The smallest absolute Gasteiger partial charge is 0.166 e. The van der Waals surface area contributed by atoms with Crippen molar-refractivity contribution in [1.82, 2.24) is 9.47 Å². The van der Waals surface area contributed by atoms with E-state index in [2.05, 4.69) is 29.3 Å². The lowest BCUT2D eigenvalue weighted by molar-refractivity contribution is 0.111. The number of aromatic nitrogens is 1. The van der Waals surface area contributed by atoms with Gasteiger partial charge in [-0.2, -0.15) is 0 Å².